The predicted octanol–water partition coefficient (Wildman–Crippen LogP) is 0.771. The first-order valence-corrected chi connectivity index (χ1v) is 3.72. The number of nitrogens with one attached hydrogen (secondary N) is 1. The van der Waals surface area contributed by atoms with Gasteiger partial charge in [-0.25, -0.2) is 0 Å². The van der Waals surface area contributed by atoms with Crippen molar-refractivity contribution < 1.29 is 9.47 Å². The molecule has 0 unspecified atom stereocenters. The van der Waals surface area contributed by atoms with Crippen LogP contribution in [0.1, 0.15) is 6.42 Å². The third kappa shape index (κ3) is 6.04. The number of rotatable bonds is 7. The van der Waals surface area contributed by atoms with Gasteiger partial charge in [-0.3, -0.25) is 0 Å². The van der Waals surface area contributed by atoms with Gasteiger partial charge in [0.25, 0.3) is 0 Å². The van der Waals surface area contributed by atoms with Crippen LogP contribution in [0.4, 0.5) is 0 Å². The molecule has 0 aromatic carbocycles. The Morgan fingerprint density at radius 1 is 1.45 bits per heavy atom. The largest absolute Gasteiger partial charge is 0.356 e. The fourth-order valence-electron chi connectivity index (χ4n) is 0.756. The van der Waals surface area contributed by atoms with Crippen molar-refractivity contribution in [2.24, 2.45) is 0 Å². The van der Waals surface area contributed by atoms with Crippen molar-refractivity contribution in [2.45, 2.75) is 12.7 Å². The zero-order chi connectivity index (χ0) is 8.53. The molecular formula is C8H17NO2. The van der Waals surface area contributed by atoms with E-state index in [0.717, 1.165) is 19.5 Å². The van der Waals surface area contributed by atoms with Crippen molar-refractivity contribution in [2.75, 3.05) is 27.3 Å². The normalized spacial score (nSPS) is 10.5. The van der Waals surface area contributed by atoms with Crippen LogP contribution in [0.25, 0.3) is 0 Å². The molecule has 3 heteroatoms. The summed E-state index contributed by atoms with van der Waals surface area (Å²) in [5.74, 6) is 0. The second-order valence-corrected chi connectivity index (χ2v) is 2.18. The van der Waals surface area contributed by atoms with E-state index in [0.29, 0.717) is 0 Å². The Morgan fingerprint density at radius 3 is 2.55 bits per heavy atom. The lowest BCUT2D eigenvalue weighted by atomic mass is 10.4. The maximum absolute atomic E-state index is 4.99. The Labute approximate surface area is 68.4 Å². The predicted molar refractivity (Wildman–Crippen MR) is 45.5 cm³/mol. The van der Waals surface area contributed by atoms with E-state index in [1.807, 2.05) is 6.08 Å². The minimum absolute atomic E-state index is 0.0904. The second kappa shape index (κ2) is 7.72. The lowest BCUT2D eigenvalue weighted by molar-refractivity contribution is -0.105. The topological polar surface area (TPSA) is 30.5 Å². The summed E-state index contributed by atoms with van der Waals surface area (Å²) in [5, 5.41) is 3.16. The molecule has 3 nitrogen and oxygen atoms in total. The van der Waals surface area contributed by atoms with E-state index in [2.05, 4.69) is 11.9 Å². The second-order valence-electron chi connectivity index (χ2n) is 2.18. The Bertz CT molecular complexity index is 92.1. The Hall–Kier alpha value is -0.380. The Morgan fingerprint density at radius 2 is 2.09 bits per heavy atom. The first-order chi connectivity index (χ1) is 5.35. The van der Waals surface area contributed by atoms with Crippen molar-refractivity contribution in [3.05, 3.63) is 12.7 Å². The molecule has 0 heterocycles. The Balaban J connectivity index is 3.13. The van der Waals surface area contributed by atoms with Crippen LogP contribution < -0.4 is 5.32 Å². The van der Waals surface area contributed by atoms with Gasteiger partial charge in [-0.05, 0) is 0 Å². The first kappa shape index (κ1) is 10.6. The molecule has 0 amide bonds. The van der Waals surface area contributed by atoms with E-state index < -0.39 is 0 Å². The quantitative estimate of drug-likeness (QED) is 0.338. The molecule has 11 heavy (non-hydrogen) atoms. The summed E-state index contributed by atoms with van der Waals surface area (Å²) in [6, 6.07) is 0. The van der Waals surface area contributed by atoms with Crippen LogP contribution >= 0.6 is 0 Å². The van der Waals surface area contributed by atoms with Crippen LogP contribution in [-0.2, 0) is 9.47 Å². The molecule has 0 bridgehead atoms. The highest BCUT2D eigenvalue weighted by Gasteiger charge is 2.02. The van der Waals surface area contributed by atoms with Gasteiger partial charge < -0.3 is 14.8 Å². The van der Waals surface area contributed by atoms with Crippen molar-refractivity contribution >= 4 is 0 Å². The van der Waals surface area contributed by atoms with Gasteiger partial charge in [-0.15, -0.1) is 6.58 Å². The van der Waals surface area contributed by atoms with Gasteiger partial charge >= 0.3 is 0 Å². The third-order valence-corrected chi connectivity index (χ3v) is 1.37. The molecule has 66 valence electrons. The number of ether oxygens (including phenoxy) is 2. The van der Waals surface area contributed by atoms with Crippen LogP contribution in [0, 0.1) is 0 Å². The van der Waals surface area contributed by atoms with Crippen molar-refractivity contribution in [3.63, 3.8) is 0 Å². The summed E-state index contributed by atoms with van der Waals surface area (Å²) in [5.41, 5.74) is 0. The number of hydrogen-bond donors (Lipinski definition) is 1. The minimum atomic E-state index is -0.0904. The van der Waals surface area contributed by atoms with E-state index in [1.54, 1.807) is 14.2 Å². The van der Waals surface area contributed by atoms with Gasteiger partial charge in [0.2, 0.25) is 0 Å². The molecular weight excluding hydrogens is 142 g/mol. The summed E-state index contributed by atoms with van der Waals surface area (Å²) in [4.78, 5) is 0. The van der Waals surface area contributed by atoms with E-state index in [4.69, 9.17) is 9.47 Å². The van der Waals surface area contributed by atoms with E-state index >= 15 is 0 Å². The van der Waals surface area contributed by atoms with Gasteiger partial charge in [0, 0.05) is 33.7 Å². The minimum Gasteiger partial charge on any atom is -0.356 e. The van der Waals surface area contributed by atoms with E-state index in [-0.39, 0.29) is 6.29 Å². The lowest BCUT2D eigenvalue weighted by Gasteiger charge is -2.12. The van der Waals surface area contributed by atoms with Gasteiger partial charge in [-0.2, -0.15) is 0 Å². The summed E-state index contributed by atoms with van der Waals surface area (Å²) in [6.45, 7) is 5.31. The molecule has 0 aromatic heterocycles. The highest BCUT2D eigenvalue weighted by atomic mass is 16.7. The summed E-state index contributed by atoms with van der Waals surface area (Å²) in [7, 11) is 3.28. The third-order valence-electron chi connectivity index (χ3n) is 1.37. The van der Waals surface area contributed by atoms with Gasteiger partial charge in [-0.1, -0.05) is 6.08 Å². The average molecular weight is 159 g/mol. The standard InChI is InChI=1S/C8H17NO2/c1-4-6-9-7-5-8(10-2)11-3/h4,8-9H,1,5-7H2,2-3H3. The monoisotopic (exact) mass is 159 g/mol. The molecule has 0 atom stereocenters. The van der Waals surface area contributed by atoms with Crippen molar-refractivity contribution in [1.82, 2.24) is 5.32 Å². The van der Waals surface area contributed by atoms with Crippen molar-refractivity contribution in [1.29, 1.82) is 0 Å². The molecule has 0 radical (unpaired) electrons. The molecule has 0 aliphatic heterocycles. The van der Waals surface area contributed by atoms with Crippen LogP contribution in [0.5, 0.6) is 0 Å². The first-order valence-electron chi connectivity index (χ1n) is 3.72. The van der Waals surface area contributed by atoms with Gasteiger partial charge in [0.1, 0.15) is 0 Å². The van der Waals surface area contributed by atoms with Crippen LogP contribution in [-0.4, -0.2) is 33.6 Å². The van der Waals surface area contributed by atoms with Crippen LogP contribution in [0.3, 0.4) is 0 Å². The molecule has 0 aliphatic carbocycles. The van der Waals surface area contributed by atoms with Crippen LogP contribution in [0.15, 0.2) is 12.7 Å². The van der Waals surface area contributed by atoms with E-state index in [9.17, 15) is 0 Å². The molecule has 0 aromatic rings. The van der Waals surface area contributed by atoms with Crippen molar-refractivity contribution in [3.8, 4) is 0 Å². The van der Waals surface area contributed by atoms with Gasteiger partial charge in [0.05, 0.1) is 0 Å². The molecule has 0 spiro atoms. The fraction of sp³-hybridized carbons (Fsp3) is 0.750. The van der Waals surface area contributed by atoms with Gasteiger partial charge in [0.15, 0.2) is 6.29 Å². The summed E-state index contributed by atoms with van der Waals surface area (Å²) >= 11 is 0. The lowest BCUT2D eigenvalue weighted by Crippen LogP contribution is -2.22. The summed E-state index contributed by atoms with van der Waals surface area (Å²) < 4.78 is 9.98. The SMILES string of the molecule is C=CCNCCC(OC)OC. The number of methoxy groups -OCH3 is 2. The van der Waals surface area contributed by atoms with E-state index in [1.165, 1.54) is 0 Å². The summed E-state index contributed by atoms with van der Waals surface area (Å²) in [6.07, 6.45) is 2.60. The fourth-order valence-corrected chi connectivity index (χ4v) is 0.756. The molecule has 0 fully saturated rings. The Kier molecular flexibility index (Phi) is 7.46. The smallest absolute Gasteiger partial charge is 0.158 e. The van der Waals surface area contributed by atoms with Crippen LogP contribution in [0.2, 0.25) is 0 Å². The maximum Gasteiger partial charge on any atom is 0.158 e. The highest BCUT2D eigenvalue weighted by Crippen LogP contribution is 1.94. The zero-order valence-electron chi connectivity index (χ0n) is 7.30. The molecule has 0 rings (SSSR count). The number of hydrogen-bond acceptors (Lipinski definition) is 3. The molecule has 1 N–H and O–H groups in total. The average Bonchev–Trinajstić information content (AvgIpc) is 2.05. The zero-order valence-corrected chi connectivity index (χ0v) is 7.30. The molecule has 0 saturated heterocycles. The molecule has 0 aliphatic rings. The highest BCUT2D eigenvalue weighted by molar-refractivity contribution is 4.69. The maximum atomic E-state index is 4.99. The molecule has 0 saturated carbocycles.